The summed E-state index contributed by atoms with van der Waals surface area (Å²) in [5, 5.41) is 0. The lowest BCUT2D eigenvalue weighted by molar-refractivity contribution is -0.138. The minimum Gasteiger partial charge on any atom is -0.628 e. The third kappa shape index (κ3) is 8.26. The smallest absolute Gasteiger partial charge is 0.484 e. The Morgan fingerprint density at radius 2 is 1.92 bits per heavy atom. The highest BCUT2D eigenvalue weighted by molar-refractivity contribution is 6.05. The van der Waals surface area contributed by atoms with E-state index in [9.17, 15) is 4.79 Å². The van der Waals surface area contributed by atoms with Gasteiger partial charge in [-0.05, 0) is 12.8 Å². The normalized spacial score (nSPS) is 10.6. The van der Waals surface area contributed by atoms with Crippen molar-refractivity contribution in [1.29, 1.82) is 0 Å². The second-order valence-electron chi connectivity index (χ2n) is 2.68. The van der Waals surface area contributed by atoms with E-state index in [1.165, 1.54) is 0 Å². The van der Waals surface area contributed by atoms with Crippen molar-refractivity contribution in [3.05, 3.63) is 0 Å². The average Bonchev–Trinajstić information content (AvgIpc) is 2.05. The molecule has 5 heteroatoms. The molecular formula is C8H19AlO4. The maximum absolute atomic E-state index is 11.0. The summed E-state index contributed by atoms with van der Waals surface area (Å²) < 4.78 is 4.58. The van der Waals surface area contributed by atoms with Gasteiger partial charge in [-0.15, -0.1) is 0 Å². The first-order valence-corrected chi connectivity index (χ1v) is 4.63. The summed E-state index contributed by atoms with van der Waals surface area (Å²) in [5.74, 6) is 0.0124. The van der Waals surface area contributed by atoms with Gasteiger partial charge in [-0.2, -0.15) is 0 Å². The molecule has 0 aliphatic heterocycles. The van der Waals surface area contributed by atoms with Crippen LogP contribution in [-0.4, -0.2) is 33.5 Å². The number of hydrogen-bond acceptors (Lipinski definition) is 2. The summed E-state index contributed by atoms with van der Waals surface area (Å²) in [6, 6.07) is 0. The van der Waals surface area contributed by atoms with E-state index in [1.54, 1.807) is 0 Å². The van der Waals surface area contributed by atoms with E-state index in [1.807, 2.05) is 23.5 Å². The lowest BCUT2D eigenvalue weighted by Gasteiger charge is -2.12. The van der Waals surface area contributed by atoms with Gasteiger partial charge in [0.15, 0.2) is 0 Å². The van der Waals surface area contributed by atoms with E-state index in [4.69, 9.17) is 0 Å². The van der Waals surface area contributed by atoms with E-state index in [2.05, 4.69) is 10.7 Å². The number of hydrogen-bond donors (Lipinski definition) is 0. The van der Waals surface area contributed by atoms with Crippen molar-refractivity contribution in [2.24, 2.45) is 5.92 Å². The molecule has 1 unspecified atom stereocenters. The van der Waals surface area contributed by atoms with Crippen LogP contribution in [0.5, 0.6) is 0 Å². The Bertz CT molecular complexity index is 119. The topological polar surface area (TPSA) is 89.3 Å². The minimum absolute atomic E-state index is 0. The van der Waals surface area contributed by atoms with Gasteiger partial charge < -0.3 is 14.7 Å². The maximum atomic E-state index is 11.0. The first kappa shape index (κ1) is 18.7. The summed E-state index contributed by atoms with van der Waals surface area (Å²) >= 11 is 2.01. The molecule has 4 nitrogen and oxygen atoms in total. The molecule has 13 heavy (non-hydrogen) atoms. The van der Waals surface area contributed by atoms with Crippen LogP contribution >= 0.6 is 0 Å². The molecule has 0 aliphatic carbocycles. The van der Waals surface area contributed by atoms with E-state index in [0.717, 1.165) is 25.7 Å². The Morgan fingerprint density at radius 1 is 1.38 bits per heavy atom. The molecule has 0 aromatic rings. The fraction of sp³-hybridized carbons (Fsp3) is 0.875. The van der Waals surface area contributed by atoms with Gasteiger partial charge in [0.25, 0.3) is 5.97 Å². The van der Waals surface area contributed by atoms with Gasteiger partial charge in [0, 0.05) is 0 Å². The summed E-state index contributed by atoms with van der Waals surface area (Å²) in [6.07, 6.45) is 4.09. The summed E-state index contributed by atoms with van der Waals surface area (Å²) in [6.45, 7) is 4.14. The van der Waals surface area contributed by atoms with Gasteiger partial charge in [-0.1, -0.05) is 26.7 Å². The number of carbonyl (C=O) groups excluding carboxylic acids is 1. The number of rotatable bonds is 5. The van der Waals surface area contributed by atoms with Crippen LogP contribution in [0.15, 0.2) is 0 Å². The van der Waals surface area contributed by atoms with E-state index < -0.39 is 0 Å². The molecule has 0 fully saturated rings. The van der Waals surface area contributed by atoms with Gasteiger partial charge in [0.1, 0.15) is 0 Å². The highest BCUT2D eigenvalue weighted by Crippen LogP contribution is 2.13. The van der Waals surface area contributed by atoms with Gasteiger partial charge in [-0.25, -0.2) is 0 Å². The second-order valence-corrected chi connectivity index (χ2v) is 2.92. The third-order valence-electron chi connectivity index (χ3n) is 1.85. The highest BCUT2D eigenvalue weighted by Gasteiger charge is 2.13. The molecule has 0 saturated heterocycles. The molecule has 0 spiro atoms. The van der Waals surface area contributed by atoms with Crippen LogP contribution in [0.25, 0.3) is 0 Å². The Balaban J connectivity index is -0.000000500. The standard InChI is InChI=1S/C8H16O2.Al.2H2O/c1-3-5-6-7(4-2)8(9)10;;;/h7H,3-6H2,1-2H3,(H,9,10);;2*1H2/q;+1;;/p-1. The van der Waals surface area contributed by atoms with Crippen molar-refractivity contribution >= 4 is 22.6 Å². The van der Waals surface area contributed by atoms with E-state index in [-0.39, 0.29) is 22.8 Å². The molecule has 0 rings (SSSR count). The Morgan fingerprint density at radius 3 is 2.23 bits per heavy atom. The first-order valence-electron chi connectivity index (χ1n) is 4.16. The van der Waals surface area contributed by atoms with Crippen LogP contribution in [-0.2, 0) is 8.58 Å². The zero-order chi connectivity index (χ0) is 8.69. The Kier molecular flexibility index (Phi) is 17.1. The molecule has 0 aromatic heterocycles. The quantitative estimate of drug-likeness (QED) is 0.600. The Labute approximate surface area is 88.0 Å². The van der Waals surface area contributed by atoms with Crippen LogP contribution in [0, 0.1) is 5.92 Å². The second kappa shape index (κ2) is 11.9. The SMILES string of the molecule is CCCCC(CC)C(=O)[O][Al].O.O. The molecule has 0 bridgehead atoms. The molecule has 78 valence electrons. The van der Waals surface area contributed by atoms with Crippen molar-refractivity contribution < 1.29 is 19.5 Å². The third-order valence-corrected chi connectivity index (χ3v) is 2.08. The lowest BCUT2D eigenvalue weighted by atomic mass is 10.00. The molecule has 0 aromatic carbocycles. The zero-order valence-corrected chi connectivity index (χ0v) is 9.45. The summed E-state index contributed by atoms with van der Waals surface area (Å²) in [7, 11) is 0. The van der Waals surface area contributed by atoms with Crippen LogP contribution in [0.1, 0.15) is 39.5 Å². The van der Waals surface area contributed by atoms with Crippen molar-refractivity contribution in [3.8, 4) is 0 Å². The van der Waals surface area contributed by atoms with Gasteiger partial charge in [-0.3, -0.25) is 4.79 Å². The van der Waals surface area contributed by atoms with Crippen LogP contribution in [0.2, 0.25) is 0 Å². The monoisotopic (exact) mass is 206 g/mol. The summed E-state index contributed by atoms with van der Waals surface area (Å²) in [4.78, 5) is 11.0. The van der Waals surface area contributed by atoms with Crippen LogP contribution in [0.4, 0.5) is 0 Å². The number of carbonyl (C=O) groups is 1. The van der Waals surface area contributed by atoms with Crippen molar-refractivity contribution in [2.45, 2.75) is 39.5 Å². The predicted octanol–water partition coefficient (Wildman–Crippen LogP) is 0.180. The summed E-state index contributed by atoms with van der Waals surface area (Å²) in [5.41, 5.74) is 0. The average molecular weight is 206 g/mol. The molecular weight excluding hydrogens is 187 g/mol. The molecule has 0 amide bonds. The van der Waals surface area contributed by atoms with Crippen molar-refractivity contribution in [3.63, 3.8) is 0 Å². The van der Waals surface area contributed by atoms with Gasteiger partial charge >= 0.3 is 16.6 Å². The molecule has 0 saturated carbocycles. The molecule has 0 aliphatic rings. The fourth-order valence-electron chi connectivity index (χ4n) is 1.04. The lowest BCUT2D eigenvalue weighted by Crippen LogP contribution is -2.15. The highest BCUT2D eigenvalue weighted by atomic mass is 27.1. The Hall–Kier alpha value is -0.0775. The molecule has 4 N–H and O–H groups in total. The van der Waals surface area contributed by atoms with Crippen LogP contribution < -0.4 is 0 Å². The molecule has 0 heterocycles. The molecule has 2 radical (unpaired) electrons. The largest absolute Gasteiger partial charge is 0.628 e. The van der Waals surface area contributed by atoms with Crippen LogP contribution in [0.3, 0.4) is 0 Å². The van der Waals surface area contributed by atoms with Crippen molar-refractivity contribution in [2.75, 3.05) is 0 Å². The van der Waals surface area contributed by atoms with E-state index >= 15 is 0 Å². The van der Waals surface area contributed by atoms with Gasteiger partial charge in [0.2, 0.25) is 0 Å². The number of unbranched alkanes of at least 4 members (excludes halogenated alkanes) is 1. The molecule has 1 atom stereocenters. The predicted molar refractivity (Wildman–Crippen MR) is 52.4 cm³/mol. The zero-order valence-electron chi connectivity index (χ0n) is 8.30. The fourth-order valence-corrected chi connectivity index (χ4v) is 1.23. The van der Waals surface area contributed by atoms with Crippen molar-refractivity contribution in [1.82, 2.24) is 0 Å². The minimum atomic E-state index is -0.0917. The first-order chi connectivity index (χ1) is 5.26. The van der Waals surface area contributed by atoms with Gasteiger partial charge in [0.05, 0.1) is 5.92 Å². The van der Waals surface area contributed by atoms with E-state index in [0.29, 0.717) is 0 Å². The maximum Gasteiger partial charge on any atom is 0.484 e.